The zero-order valence-electron chi connectivity index (χ0n) is 19.4. The molecule has 0 aliphatic rings. The average Bonchev–Trinajstić information content (AvgIpc) is 3.17. The number of nitro groups is 1. The van der Waals surface area contributed by atoms with Gasteiger partial charge in [0, 0.05) is 29.3 Å². The Labute approximate surface area is 196 Å². The molecule has 2 heterocycles. The Hall–Kier alpha value is -3.52. The molecular weight excluding hydrogens is 436 g/mol. The average molecular weight is 461 g/mol. The summed E-state index contributed by atoms with van der Waals surface area (Å²) in [5.74, 6) is -0.154. The number of aromatic nitrogens is 3. The monoisotopic (exact) mass is 460 g/mol. The summed E-state index contributed by atoms with van der Waals surface area (Å²) in [5.41, 5.74) is 6.82. The fourth-order valence-electron chi connectivity index (χ4n) is 4.11. The van der Waals surface area contributed by atoms with Crippen LogP contribution in [0.15, 0.2) is 46.7 Å². The van der Waals surface area contributed by atoms with E-state index in [2.05, 4.69) is 9.97 Å². The van der Waals surface area contributed by atoms with Gasteiger partial charge in [0.25, 0.3) is 5.69 Å². The summed E-state index contributed by atoms with van der Waals surface area (Å²) in [7, 11) is 1.84. The lowest BCUT2D eigenvalue weighted by molar-refractivity contribution is -0.388. The van der Waals surface area contributed by atoms with E-state index in [-0.39, 0.29) is 16.4 Å². The molecular formula is C25H24N4O3S. The Bertz CT molecular complexity index is 1460. The van der Waals surface area contributed by atoms with Crippen LogP contribution in [0.2, 0.25) is 0 Å². The largest absolute Gasteiger partial charge is 0.333 e. The minimum Gasteiger partial charge on any atom is -0.333 e. The Morgan fingerprint density at radius 3 is 2.36 bits per heavy atom. The van der Waals surface area contributed by atoms with Gasteiger partial charge in [-0.25, -0.2) is 4.98 Å². The van der Waals surface area contributed by atoms with E-state index in [1.54, 1.807) is 31.7 Å². The molecule has 0 bridgehead atoms. The van der Waals surface area contributed by atoms with E-state index in [9.17, 15) is 14.9 Å². The molecule has 0 saturated heterocycles. The van der Waals surface area contributed by atoms with Gasteiger partial charge in [-0.15, -0.1) is 0 Å². The van der Waals surface area contributed by atoms with Gasteiger partial charge in [0.2, 0.25) is 0 Å². The molecule has 2 aromatic carbocycles. The maximum Gasteiger partial charge on any atom is 0.286 e. The predicted octanol–water partition coefficient (Wildman–Crippen LogP) is 5.80. The van der Waals surface area contributed by atoms with Crippen LogP contribution in [0.5, 0.6) is 0 Å². The van der Waals surface area contributed by atoms with Crippen molar-refractivity contribution in [2.24, 2.45) is 7.05 Å². The minimum absolute atomic E-state index is 0.126. The number of imidazole rings is 1. The van der Waals surface area contributed by atoms with E-state index >= 15 is 0 Å². The molecule has 4 aromatic rings. The fraction of sp³-hybridized carbons (Fsp3) is 0.240. The van der Waals surface area contributed by atoms with Gasteiger partial charge in [-0.3, -0.25) is 19.9 Å². The van der Waals surface area contributed by atoms with Crippen LogP contribution >= 0.6 is 11.8 Å². The van der Waals surface area contributed by atoms with Crippen molar-refractivity contribution in [1.29, 1.82) is 0 Å². The number of hydrogen-bond donors (Lipinski definition) is 0. The standard InChI is InChI=1S/C25H24N4O3S/c1-13-14(2)16(4)25(22(15(13)3)29(31)32)33-21-9-7-8-18(17(21)5)24(30)19-10-26-11-20-23(19)28(6)12-27-20/h7-12H,1-6H3. The van der Waals surface area contributed by atoms with Crippen LogP contribution in [0.3, 0.4) is 0 Å². The van der Waals surface area contributed by atoms with E-state index < -0.39 is 0 Å². The zero-order valence-corrected chi connectivity index (χ0v) is 20.2. The maximum atomic E-state index is 13.5. The Morgan fingerprint density at radius 2 is 1.67 bits per heavy atom. The van der Waals surface area contributed by atoms with Crippen LogP contribution < -0.4 is 0 Å². The number of nitrogens with zero attached hydrogens (tertiary/aromatic N) is 4. The first-order valence-corrected chi connectivity index (χ1v) is 11.3. The van der Waals surface area contributed by atoms with Gasteiger partial charge in [0.05, 0.1) is 33.4 Å². The van der Waals surface area contributed by atoms with Crippen molar-refractivity contribution in [2.75, 3.05) is 0 Å². The maximum absolute atomic E-state index is 13.5. The predicted molar refractivity (Wildman–Crippen MR) is 129 cm³/mol. The summed E-state index contributed by atoms with van der Waals surface area (Å²) < 4.78 is 1.81. The Kier molecular flexibility index (Phi) is 5.80. The number of ketones is 1. The van der Waals surface area contributed by atoms with E-state index in [0.717, 1.165) is 32.7 Å². The number of hydrogen-bond acceptors (Lipinski definition) is 6. The molecule has 33 heavy (non-hydrogen) atoms. The van der Waals surface area contributed by atoms with Gasteiger partial charge < -0.3 is 4.57 Å². The molecule has 0 aliphatic heterocycles. The Balaban J connectivity index is 1.84. The van der Waals surface area contributed by atoms with Crippen molar-refractivity contribution in [2.45, 2.75) is 44.4 Å². The van der Waals surface area contributed by atoms with Crippen LogP contribution in [-0.2, 0) is 7.05 Å². The van der Waals surface area contributed by atoms with Gasteiger partial charge in [-0.1, -0.05) is 23.9 Å². The first-order valence-electron chi connectivity index (χ1n) is 10.4. The number of benzene rings is 2. The van der Waals surface area contributed by atoms with Crippen molar-refractivity contribution in [1.82, 2.24) is 14.5 Å². The highest BCUT2D eigenvalue weighted by Gasteiger charge is 2.26. The van der Waals surface area contributed by atoms with Crippen molar-refractivity contribution in [3.05, 3.63) is 86.0 Å². The molecule has 0 atom stereocenters. The number of pyridine rings is 1. The highest BCUT2D eigenvalue weighted by Crippen LogP contribution is 2.43. The summed E-state index contributed by atoms with van der Waals surface area (Å²) in [6.45, 7) is 9.48. The highest BCUT2D eigenvalue weighted by molar-refractivity contribution is 7.99. The van der Waals surface area contributed by atoms with E-state index in [1.165, 1.54) is 11.8 Å². The lowest BCUT2D eigenvalue weighted by Gasteiger charge is -2.16. The molecule has 0 aliphatic carbocycles. The van der Waals surface area contributed by atoms with Gasteiger partial charge >= 0.3 is 0 Å². The molecule has 0 N–H and O–H groups in total. The van der Waals surface area contributed by atoms with Crippen molar-refractivity contribution in [3.8, 4) is 0 Å². The summed E-state index contributed by atoms with van der Waals surface area (Å²) >= 11 is 1.34. The molecule has 4 rings (SSSR count). The quantitative estimate of drug-likeness (QED) is 0.212. The van der Waals surface area contributed by atoms with Crippen LogP contribution in [0.4, 0.5) is 5.69 Å². The number of rotatable bonds is 5. The van der Waals surface area contributed by atoms with Gasteiger partial charge in [-0.2, -0.15) is 0 Å². The first kappa shape index (κ1) is 22.7. The third kappa shape index (κ3) is 3.70. The molecule has 0 spiro atoms. The van der Waals surface area contributed by atoms with E-state index in [1.807, 2.05) is 51.4 Å². The number of nitro benzene ring substituents is 1. The highest BCUT2D eigenvalue weighted by atomic mass is 32.2. The minimum atomic E-state index is -0.309. The summed E-state index contributed by atoms with van der Waals surface area (Å²) in [6, 6.07) is 5.49. The Morgan fingerprint density at radius 1 is 0.970 bits per heavy atom. The van der Waals surface area contributed by atoms with Crippen molar-refractivity contribution >= 4 is 34.3 Å². The number of carbonyl (C=O) groups excluding carboxylic acids is 1. The number of fused-ring (bicyclic) bond motifs is 1. The third-order valence-corrected chi connectivity index (χ3v) is 7.75. The van der Waals surface area contributed by atoms with E-state index in [4.69, 9.17) is 0 Å². The van der Waals surface area contributed by atoms with Gasteiger partial charge in [0.1, 0.15) is 5.52 Å². The summed E-state index contributed by atoms with van der Waals surface area (Å²) in [4.78, 5) is 35.1. The van der Waals surface area contributed by atoms with Crippen LogP contribution in [0.1, 0.15) is 43.7 Å². The lowest BCUT2D eigenvalue weighted by atomic mass is 9.98. The second-order valence-electron chi connectivity index (χ2n) is 8.21. The van der Waals surface area contributed by atoms with Crippen LogP contribution in [-0.4, -0.2) is 25.2 Å². The van der Waals surface area contributed by atoms with Crippen LogP contribution in [0, 0.1) is 44.7 Å². The smallest absolute Gasteiger partial charge is 0.286 e. The molecule has 168 valence electrons. The van der Waals surface area contributed by atoms with Gasteiger partial charge in [0.15, 0.2) is 5.78 Å². The molecule has 0 fully saturated rings. The molecule has 2 aromatic heterocycles. The fourth-order valence-corrected chi connectivity index (χ4v) is 5.37. The summed E-state index contributed by atoms with van der Waals surface area (Å²) in [6.07, 6.45) is 4.86. The SMILES string of the molecule is Cc1c(Sc2c(C)c(C)c(C)c(C)c2[N+](=O)[O-])cccc1C(=O)c1cncc2ncn(C)c12. The normalized spacial score (nSPS) is 11.2. The zero-order chi connectivity index (χ0) is 24.0. The molecule has 0 saturated carbocycles. The molecule has 7 nitrogen and oxygen atoms in total. The molecule has 0 amide bonds. The lowest BCUT2D eigenvalue weighted by Crippen LogP contribution is -2.07. The van der Waals surface area contributed by atoms with Crippen molar-refractivity contribution < 1.29 is 9.72 Å². The topological polar surface area (TPSA) is 90.9 Å². The van der Waals surface area contributed by atoms with Crippen molar-refractivity contribution in [3.63, 3.8) is 0 Å². The summed E-state index contributed by atoms with van der Waals surface area (Å²) in [5, 5.41) is 11.9. The first-order chi connectivity index (χ1) is 15.6. The van der Waals surface area contributed by atoms with Gasteiger partial charge in [-0.05, 0) is 62.9 Å². The second-order valence-corrected chi connectivity index (χ2v) is 9.26. The molecule has 0 unspecified atom stereocenters. The number of carbonyl (C=O) groups is 1. The van der Waals surface area contributed by atoms with Crippen LogP contribution in [0.25, 0.3) is 11.0 Å². The second kappa shape index (κ2) is 8.44. The number of aryl methyl sites for hydroxylation is 1. The van der Waals surface area contributed by atoms with E-state index in [0.29, 0.717) is 27.1 Å². The third-order valence-electron chi connectivity index (χ3n) is 6.39. The molecule has 8 heteroatoms. The molecule has 0 radical (unpaired) electrons.